The molecule has 0 amide bonds. The normalized spacial score (nSPS) is 12.7. The molecule has 0 radical (unpaired) electrons. The summed E-state index contributed by atoms with van der Waals surface area (Å²) in [4.78, 5) is 44.9. The molecule has 0 bridgehead atoms. The zero-order valence-electron chi connectivity index (χ0n) is 10.0. The van der Waals surface area contributed by atoms with Crippen molar-refractivity contribution < 1.29 is 33.4 Å². The molecule has 0 saturated heterocycles. The number of ether oxygens (including phenoxy) is 3. The molecular formula is C12H8O7. The minimum absolute atomic E-state index is 0.0443. The first-order valence-electron chi connectivity index (χ1n) is 5.20. The third-order valence-corrected chi connectivity index (χ3v) is 2.23. The minimum Gasteiger partial charge on any atom is -0.423 e. The van der Waals surface area contributed by atoms with E-state index in [1.54, 1.807) is 0 Å². The van der Waals surface area contributed by atoms with E-state index in [9.17, 15) is 19.2 Å². The molecule has 0 spiro atoms. The second kappa shape index (κ2) is 4.52. The van der Waals surface area contributed by atoms with Crippen LogP contribution in [-0.2, 0) is 14.3 Å². The highest BCUT2D eigenvalue weighted by atomic mass is 16.6. The van der Waals surface area contributed by atoms with Crippen LogP contribution >= 0.6 is 0 Å². The third kappa shape index (κ3) is 2.30. The average Bonchev–Trinajstić information content (AvgIpc) is 2.56. The van der Waals surface area contributed by atoms with Crippen molar-refractivity contribution in [1.82, 2.24) is 0 Å². The molecule has 7 heteroatoms. The van der Waals surface area contributed by atoms with Crippen LogP contribution in [0.4, 0.5) is 0 Å². The van der Waals surface area contributed by atoms with Crippen LogP contribution in [0.15, 0.2) is 12.1 Å². The van der Waals surface area contributed by atoms with Gasteiger partial charge in [-0.15, -0.1) is 0 Å². The van der Waals surface area contributed by atoms with E-state index in [1.807, 2.05) is 0 Å². The lowest BCUT2D eigenvalue weighted by Crippen LogP contribution is -2.10. The average molecular weight is 264 g/mol. The van der Waals surface area contributed by atoms with Crippen molar-refractivity contribution in [3.8, 4) is 11.5 Å². The predicted octanol–water partition coefficient (Wildman–Crippen LogP) is 0.848. The molecule has 1 aromatic rings. The highest BCUT2D eigenvalue weighted by Gasteiger charge is 2.36. The van der Waals surface area contributed by atoms with Crippen LogP contribution in [0.25, 0.3) is 0 Å². The fraction of sp³-hybridized carbons (Fsp3) is 0.167. The van der Waals surface area contributed by atoms with Gasteiger partial charge in [0, 0.05) is 13.8 Å². The van der Waals surface area contributed by atoms with Gasteiger partial charge in [0.1, 0.15) is 5.56 Å². The van der Waals surface area contributed by atoms with Crippen LogP contribution in [0, 0.1) is 0 Å². The molecule has 1 aliphatic heterocycles. The largest absolute Gasteiger partial charge is 0.423 e. The van der Waals surface area contributed by atoms with E-state index in [-0.39, 0.29) is 22.6 Å². The van der Waals surface area contributed by atoms with Gasteiger partial charge in [-0.2, -0.15) is 0 Å². The lowest BCUT2D eigenvalue weighted by Gasteiger charge is -2.10. The monoisotopic (exact) mass is 264 g/mol. The van der Waals surface area contributed by atoms with Crippen LogP contribution in [-0.4, -0.2) is 23.9 Å². The third-order valence-electron chi connectivity index (χ3n) is 2.23. The van der Waals surface area contributed by atoms with Gasteiger partial charge in [-0.3, -0.25) is 9.59 Å². The van der Waals surface area contributed by atoms with E-state index in [1.165, 1.54) is 12.1 Å². The molecule has 0 aromatic heterocycles. The number of benzene rings is 1. The Bertz CT molecular complexity index is 615. The second-order valence-electron chi connectivity index (χ2n) is 3.68. The lowest BCUT2D eigenvalue weighted by molar-refractivity contribution is -0.134. The predicted molar refractivity (Wildman–Crippen MR) is 58.8 cm³/mol. The van der Waals surface area contributed by atoms with E-state index in [2.05, 4.69) is 4.74 Å². The summed E-state index contributed by atoms with van der Waals surface area (Å²) >= 11 is 0. The number of cyclic esters (lactones) is 2. The Kier molecular flexibility index (Phi) is 3.04. The highest BCUT2D eigenvalue weighted by molar-refractivity contribution is 6.16. The Morgan fingerprint density at radius 2 is 1.63 bits per heavy atom. The van der Waals surface area contributed by atoms with Gasteiger partial charge in [0.15, 0.2) is 11.5 Å². The fourth-order valence-electron chi connectivity index (χ4n) is 1.61. The maximum atomic E-state index is 11.5. The number of carbonyl (C=O) groups is 4. The van der Waals surface area contributed by atoms with Gasteiger partial charge >= 0.3 is 23.9 Å². The van der Waals surface area contributed by atoms with E-state index in [0.29, 0.717) is 0 Å². The Hall–Kier alpha value is -2.70. The van der Waals surface area contributed by atoms with Gasteiger partial charge in [0.2, 0.25) is 0 Å². The molecule has 2 rings (SSSR count). The van der Waals surface area contributed by atoms with Crippen molar-refractivity contribution in [1.29, 1.82) is 0 Å². The van der Waals surface area contributed by atoms with Crippen molar-refractivity contribution in [2.24, 2.45) is 0 Å². The van der Waals surface area contributed by atoms with Crippen molar-refractivity contribution in [3.05, 3.63) is 23.3 Å². The number of rotatable bonds is 2. The Balaban J connectivity index is 2.62. The molecule has 0 unspecified atom stereocenters. The van der Waals surface area contributed by atoms with Gasteiger partial charge < -0.3 is 14.2 Å². The van der Waals surface area contributed by atoms with Gasteiger partial charge in [-0.05, 0) is 12.1 Å². The second-order valence-corrected chi connectivity index (χ2v) is 3.68. The van der Waals surface area contributed by atoms with Crippen LogP contribution in [0.3, 0.4) is 0 Å². The molecule has 1 aromatic carbocycles. The summed E-state index contributed by atoms with van der Waals surface area (Å²) in [6.07, 6.45) is 0. The zero-order valence-corrected chi connectivity index (χ0v) is 10.0. The molecule has 98 valence electrons. The van der Waals surface area contributed by atoms with E-state index >= 15 is 0 Å². The highest BCUT2D eigenvalue weighted by Crippen LogP contribution is 2.37. The topological polar surface area (TPSA) is 96.0 Å². The molecule has 0 atom stereocenters. The van der Waals surface area contributed by atoms with Crippen LogP contribution in [0.2, 0.25) is 0 Å². The van der Waals surface area contributed by atoms with Crippen LogP contribution in [0.5, 0.6) is 11.5 Å². The molecule has 0 aliphatic carbocycles. The molecule has 0 N–H and O–H groups in total. The van der Waals surface area contributed by atoms with E-state index in [4.69, 9.17) is 9.47 Å². The summed E-state index contributed by atoms with van der Waals surface area (Å²) < 4.78 is 14.1. The summed E-state index contributed by atoms with van der Waals surface area (Å²) in [6.45, 7) is 2.26. The van der Waals surface area contributed by atoms with E-state index < -0.39 is 23.9 Å². The molecule has 0 fully saturated rings. The van der Waals surface area contributed by atoms with Crippen molar-refractivity contribution in [3.63, 3.8) is 0 Å². The minimum atomic E-state index is -0.953. The SMILES string of the molecule is CC(=O)Oc1ccc2c(c1OC(C)=O)C(=O)OC2=O. The molecule has 1 heterocycles. The number of fused-ring (bicyclic) bond motifs is 1. The first kappa shape index (κ1) is 12.7. The quantitative estimate of drug-likeness (QED) is 0.443. The lowest BCUT2D eigenvalue weighted by atomic mass is 10.1. The summed E-state index contributed by atoms with van der Waals surface area (Å²) in [6, 6.07) is 2.51. The first-order chi connectivity index (χ1) is 8.90. The standard InChI is InChI=1S/C12H8O7/c1-5(13)17-8-4-3-7-9(10(8)18-6(2)14)12(16)19-11(7)15/h3-4H,1-2H3. The smallest absolute Gasteiger partial charge is 0.350 e. The summed E-state index contributed by atoms with van der Waals surface area (Å²) in [7, 11) is 0. The summed E-state index contributed by atoms with van der Waals surface area (Å²) in [5, 5.41) is 0. The Labute approximate surface area is 107 Å². The van der Waals surface area contributed by atoms with Crippen LogP contribution in [0.1, 0.15) is 34.6 Å². The van der Waals surface area contributed by atoms with Gasteiger partial charge in [0.05, 0.1) is 5.56 Å². The zero-order chi connectivity index (χ0) is 14.2. The van der Waals surface area contributed by atoms with Crippen molar-refractivity contribution >= 4 is 23.9 Å². The molecule has 7 nitrogen and oxygen atoms in total. The molecule has 0 saturated carbocycles. The maximum absolute atomic E-state index is 11.5. The molecule has 1 aliphatic rings. The van der Waals surface area contributed by atoms with Crippen molar-refractivity contribution in [2.75, 3.05) is 0 Å². The van der Waals surface area contributed by atoms with Gasteiger partial charge in [-0.1, -0.05) is 0 Å². The van der Waals surface area contributed by atoms with E-state index in [0.717, 1.165) is 13.8 Å². The molecular weight excluding hydrogens is 256 g/mol. The Morgan fingerprint density at radius 3 is 2.21 bits per heavy atom. The van der Waals surface area contributed by atoms with Gasteiger partial charge in [-0.25, -0.2) is 9.59 Å². The molecule has 19 heavy (non-hydrogen) atoms. The number of hydrogen-bond donors (Lipinski definition) is 0. The van der Waals surface area contributed by atoms with Crippen LogP contribution < -0.4 is 9.47 Å². The number of hydrogen-bond acceptors (Lipinski definition) is 7. The summed E-state index contributed by atoms with van der Waals surface area (Å²) in [5.74, 6) is -3.61. The van der Waals surface area contributed by atoms with Crippen molar-refractivity contribution in [2.45, 2.75) is 13.8 Å². The number of carbonyl (C=O) groups excluding carboxylic acids is 4. The first-order valence-corrected chi connectivity index (χ1v) is 5.20. The maximum Gasteiger partial charge on any atom is 0.350 e. The van der Waals surface area contributed by atoms with Gasteiger partial charge in [0.25, 0.3) is 0 Å². The number of esters is 4. The fourth-order valence-corrected chi connectivity index (χ4v) is 1.61. The summed E-state index contributed by atoms with van der Waals surface area (Å²) in [5.41, 5.74) is -0.267. The Morgan fingerprint density at radius 1 is 1.00 bits per heavy atom.